The van der Waals surface area contributed by atoms with Crippen LogP contribution in [0.1, 0.15) is 24.5 Å². The lowest BCUT2D eigenvalue weighted by Gasteiger charge is -2.20. The van der Waals surface area contributed by atoms with Crippen molar-refractivity contribution in [3.05, 3.63) is 76.8 Å². The van der Waals surface area contributed by atoms with E-state index in [0.717, 1.165) is 5.56 Å². The molecule has 0 radical (unpaired) electrons. The van der Waals surface area contributed by atoms with E-state index >= 15 is 0 Å². The van der Waals surface area contributed by atoms with Gasteiger partial charge in [-0.3, -0.25) is 9.10 Å². The molecule has 1 aliphatic rings. The first-order chi connectivity index (χ1) is 18.0. The highest BCUT2D eigenvalue weighted by atomic mass is 35.5. The number of carbonyl (C=O) groups is 1. The summed E-state index contributed by atoms with van der Waals surface area (Å²) in [7, 11) is -7.41. The Kier molecular flexibility index (Phi) is 8.31. The van der Waals surface area contributed by atoms with Gasteiger partial charge in [-0.25, -0.2) is 21.6 Å². The van der Waals surface area contributed by atoms with E-state index in [1.165, 1.54) is 46.8 Å². The Balaban J connectivity index is 1.42. The molecular weight excluding hydrogens is 550 g/mol. The van der Waals surface area contributed by atoms with Gasteiger partial charge in [0, 0.05) is 23.8 Å². The zero-order valence-electron chi connectivity index (χ0n) is 20.9. The topological polar surface area (TPSA) is 122 Å². The molecule has 9 nitrogen and oxygen atoms in total. The third kappa shape index (κ3) is 6.12. The van der Waals surface area contributed by atoms with Gasteiger partial charge in [0.25, 0.3) is 15.9 Å². The molecule has 12 heteroatoms. The van der Waals surface area contributed by atoms with E-state index in [9.17, 15) is 21.6 Å². The van der Waals surface area contributed by atoms with Gasteiger partial charge >= 0.3 is 0 Å². The molecule has 4 rings (SSSR count). The lowest BCUT2D eigenvalue weighted by atomic mass is 10.1. The Morgan fingerprint density at radius 3 is 2.39 bits per heavy atom. The fourth-order valence-corrected chi connectivity index (χ4v) is 6.86. The predicted octanol–water partition coefficient (Wildman–Crippen LogP) is 4.11. The smallest absolute Gasteiger partial charge is 0.264 e. The fourth-order valence-electron chi connectivity index (χ4n) is 4.02. The standard InChI is InChI=1S/C26H28ClN3O6S2/c1-3-13-28-37(32,33)23-10-11-25(18(2)15-23)36-17-26(31)29-21-7-4-19-12-14-30(24(19)16-21)38(34,35)22-8-5-20(27)6-9-22/h4-11,15-16,28H,3,12-14,17H2,1-2H3,(H,29,31). The summed E-state index contributed by atoms with van der Waals surface area (Å²) in [6.07, 6.45) is 1.23. The SMILES string of the molecule is CCCNS(=O)(=O)c1ccc(OCC(=O)Nc2ccc3c(c2)N(S(=O)(=O)c2ccc(Cl)cc2)CC3)c(C)c1. The number of aryl methyl sites for hydroxylation is 1. The molecule has 0 fully saturated rings. The van der Waals surface area contributed by atoms with Crippen LogP contribution in [0.2, 0.25) is 5.02 Å². The third-order valence-electron chi connectivity index (χ3n) is 5.98. The first-order valence-electron chi connectivity index (χ1n) is 12.0. The van der Waals surface area contributed by atoms with Crippen LogP contribution in [-0.4, -0.2) is 42.4 Å². The lowest BCUT2D eigenvalue weighted by molar-refractivity contribution is -0.118. The van der Waals surface area contributed by atoms with E-state index < -0.39 is 26.0 Å². The Labute approximate surface area is 227 Å². The molecule has 0 aliphatic carbocycles. The van der Waals surface area contributed by atoms with Gasteiger partial charge in [0.1, 0.15) is 5.75 Å². The van der Waals surface area contributed by atoms with Crippen molar-refractivity contribution >= 4 is 48.9 Å². The Bertz CT molecular complexity index is 1560. The summed E-state index contributed by atoms with van der Waals surface area (Å²) in [4.78, 5) is 12.8. The molecule has 1 heterocycles. The van der Waals surface area contributed by atoms with Crippen LogP contribution < -0.4 is 19.1 Å². The molecule has 0 unspecified atom stereocenters. The molecule has 0 saturated heterocycles. The molecule has 0 saturated carbocycles. The Morgan fingerprint density at radius 1 is 1.00 bits per heavy atom. The molecule has 0 bridgehead atoms. The predicted molar refractivity (Wildman–Crippen MR) is 147 cm³/mol. The first kappa shape index (κ1) is 27.9. The minimum absolute atomic E-state index is 0.122. The van der Waals surface area contributed by atoms with Crippen molar-refractivity contribution in [2.24, 2.45) is 0 Å². The number of anilines is 2. The summed E-state index contributed by atoms with van der Waals surface area (Å²) >= 11 is 5.90. The van der Waals surface area contributed by atoms with E-state index in [0.29, 0.717) is 53.6 Å². The number of sulfonamides is 2. The van der Waals surface area contributed by atoms with Crippen LogP contribution in [0, 0.1) is 6.92 Å². The normalized spacial score (nSPS) is 13.3. The molecule has 3 aromatic carbocycles. The first-order valence-corrected chi connectivity index (χ1v) is 15.3. The number of nitrogens with one attached hydrogen (secondary N) is 2. The zero-order valence-corrected chi connectivity index (χ0v) is 23.3. The van der Waals surface area contributed by atoms with Crippen LogP contribution >= 0.6 is 11.6 Å². The number of nitrogens with zero attached hydrogens (tertiary/aromatic N) is 1. The van der Waals surface area contributed by atoms with Crippen molar-refractivity contribution in [3.8, 4) is 5.75 Å². The fraction of sp³-hybridized carbons (Fsp3) is 0.269. The van der Waals surface area contributed by atoms with Gasteiger partial charge < -0.3 is 10.1 Å². The van der Waals surface area contributed by atoms with Crippen molar-refractivity contribution in [3.63, 3.8) is 0 Å². The summed E-state index contributed by atoms with van der Waals surface area (Å²) in [5.41, 5.74) is 2.35. The Morgan fingerprint density at radius 2 is 1.71 bits per heavy atom. The molecule has 2 N–H and O–H groups in total. The van der Waals surface area contributed by atoms with Gasteiger partial charge in [0.05, 0.1) is 15.5 Å². The van der Waals surface area contributed by atoms with E-state index in [1.54, 1.807) is 25.1 Å². The van der Waals surface area contributed by atoms with Crippen LogP contribution in [-0.2, 0) is 31.3 Å². The maximum absolute atomic E-state index is 13.2. The van der Waals surface area contributed by atoms with Crippen LogP contribution in [0.4, 0.5) is 11.4 Å². The monoisotopic (exact) mass is 577 g/mol. The number of fused-ring (bicyclic) bond motifs is 1. The summed E-state index contributed by atoms with van der Waals surface area (Å²) < 4.78 is 60.5. The van der Waals surface area contributed by atoms with Crippen molar-refractivity contribution < 1.29 is 26.4 Å². The maximum atomic E-state index is 13.2. The quantitative estimate of drug-likeness (QED) is 0.374. The second-order valence-corrected chi connectivity index (χ2v) is 12.9. The van der Waals surface area contributed by atoms with Gasteiger partial charge in [-0.05, 0) is 85.5 Å². The van der Waals surface area contributed by atoms with Crippen molar-refractivity contribution in [1.29, 1.82) is 0 Å². The highest BCUT2D eigenvalue weighted by Crippen LogP contribution is 2.35. The number of benzene rings is 3. The van der Waals surface area contributed by atoms with Crippen LogP contribution in [0.5, 0.6) is 5.75 Å². The van der Waals surface area contributed by atoms with Gasteiger partial charge in [-0.15, -0.1) is 0 Å². The van der Waals surface area contributed by atoms with Crippen molar-refractivity contribution in [1.82, 2.24) is 4.72 Å². The lowest BCUT2D eigenvalue weighted by Crippen LogP contribution is -2.29. The van der Waals surface area contributed by atoms with E-state index in [1.807, 2.05) is 6.92 Å². The minimum Gasteiger partial charge on any atom is -0.483 e. The number of halogens is 1. The Hall–Kier alpha value is -3.12. The molecule has 0 aromatic heterocycles. The van der Waals surface area contributed by atoms with Gasteiger partial charge in [-0.2, -0.15) is 0 Å². The minimum atomic E-state index is -3.79. The highest BCUT2D eigenvalue weighted by molar-refractivity contribution is 7.92. The molecule has 0 spiro atoms. The summed E-state index contributed by atoms with van der Waals surface area (Å²) in [5, 5.41) is 3.17. The highest BCUT2D eigenvalue weighted by Gasteiger charge is 2.31. The van der Waals surface area contributed by atoms with Crippen molar-refractivity contribution in [2.45, 2.75) is 36.5 Å². The largest absolute Gasteiger partial charge is 0.483 e. The van der Waals surface area contributed by atoms with Crippen LogP contribution in [0.25, 0.3) is 0 Å². The zero-order chi connectivity index (χ0) is 27.5. The second kappa shape index (κ2) is 11.3. The van der Waals surface area contributed by atoms with Gasteiger partial charge in [0.15, 0.2) is 6.61 Å². The number of ether oxygens (including phenoxy) is 1. The molecule has 1 amide bonds. The van der Waals surface area contributed by atoms with E-state index in [-0.39, 0.29) is 16.4 Å². The van der Waals surface area contributed by atoms with Crippen LogP contribution in [0.15, 0.2) is 70.5 Å². The second-order valence-electron chi connectivity index (χ2n) is 8.79. The summed E-state index contributed by atoms with van der Waals surface area (Å²) in [6.45, 7) is 3.89. The number of hydrogen-bond acceptors (Lipinski definition) is 6. The third-order valence-corrected chi connectivity index (χ3v) is 9.52. The summed E-state index contributed by atoms with van der Waals surface area (Å²) in [6, 6.07) is 15.5. The number of hydrogen-bond donors (Lipinski definition) is 2. The van der Waals surface area contributed by atoms with E-state index in [4.69, 9.17) is 16.3 Å². The van der Waals surface area contributed by atoms with Crippen molar-refractivity contribution in [2.75, 3.05) is 29.3 Å². The number of carbonyl (C=O) groups excluding carboxylic acids is 1. The maximum Gasteiger partial charge on any atom is 0.264 e. The molecule has 38 heavy (non-hydrogen) atoms. The number of rotatable bonds is 10. The van der Waals surface area contributed by atoms with Gasteiger partial charge in [0.2, 0.25) is 10.0 Å². The van der Waals surface area contributed by atoms with Gasteiger partial charge in [-0.1, -0.05) is 24.6 Å². The summed E-state index contributed by atoms with van der Waals surface area (Å²) in [5.74, 6) is -0.0699. The number of amides is 1. The average molecular weight is 578 g/mol. The van der Waals surface area contributed by atoms with Crippen LogP contribution in [0.3, 0.4) is 0 Å². The molecule has 1 aliphatic heterocycles. The van der Waals surface area contributed by atoms with E-state index in [2.05, 4.69) is 10.0 Å². The molecular formula is C26H28ClN3O6S2. The molecule has 202 valence electrons. The molecule has 0 atom stereocenters. The molecule has 3 aromatic rings. The average Bonchev–Trinajstić information content (AvgIpc) is 3.31.